The van der Waals surface area contributed by atoms with Crippen LogP contribution in [-0.4, -0.2) is 30.3 Å². The molecule has 0 radical (unpaired) electrons. The van der Waals surface area contributed by atoms with Crippen LogP contribution < -0.4 is 21.7 Å². The molecule has 27 heavy (non-hydrogen) atoms. The number of amides is 1. The van der Waals surface area contributed by atoms with Gasteiger partial charge in [-0.05, 0) is 43.7 Å². The number of hydrogen-bond acceptors (Lipinski definition) is 5. The third-order valence-corrected chi connectivity index (χ3v) is 4.73. The molecular formula is C20H25ClN4O2. The molecular weight excluding hydrogens is 364 g/mol. The van der Waals surface area contributed by atoms with Crippen molar-refractivity contribution in [1.82, 2.24) is 10.6 Å². The van der Waals surface area contributed by atoms with Crippen LogP contribution in [0, 0.1) is 6.92 Å². The number of halogens is 1. The minimum atomic E-state index is -0.401. The summed E-state index contributed by atoms with van der Waals surface area (Å²) in [4.78, 5) is 12.5. The zero-order valence-corrected chi connectivity index (χ0v) is 16.2. The van der Waals surface area contributed by atoms with E-state index in [0.29, 0.717) is 17.8 Å². The summed E-state index contributed by atoms with van der Waals surface area (Å²) in [5.74, 6) is -0.144. The molecule has 5 N–H and O–H groups in total. The topological polar surface area (TPSA) is 88.4 Å². The van der Waals surface area contributed by atoms with E-state index in [0.717, 1.165) is 11.1 Å². The minimum Gasteiger partial charge on any atom is -0.353 e. The van der Waals surface area contributed by atoms with Gasteiger partial charge in [0.05, 0.1) is 17.8 Å². The number of piperazine rings is 1. The van der Waals surface area contributed by atoms with E-state index in [1.54, 1.807) is 6.07 Å². The van der Waals surface area contributed by atoms with E-state index >= 15 is 0 Å². The number of anilines is 1. The second-order valence-electron chi connectivity index (χ2n) is 6.72. The van der Waals surface area contributed by atoms with Crippen molar-refractivity contribution in [2.75, 3.05) is 11.9 Å². The first kappa shape index (κ1) is 19.8. The largest absolute Gasteiger partial charge is 0.353 e. The Kier molecular flexibility index (Phi) is 6.46. The molecule has 2 aromatic rings. The summed E-state index contributed by atoms with van der Waals surface area (Å²) >= 11 is 6.10. The second-order valence-corrected chi connectivity index (χ2v) is 7.24. The summed E-state index contributed by atoms with van der Waals surface area (Å²) in [7, 11) is 0. The first-order chi connectivity index (χ1) is 12.9. The van der Waals surface area contributed by atoms with Crippen LogP contribution in [0.3, 0.4) is 0 Å². The molecule has 1 heterocycles. The molecule has 3 rings (SSSR count). The Morgan fingerprint density at radius 2 is 2.07 bits per heavy atom. The number of carbonyl (C=O) groups is 1. The standard InChI is InChI=1S/C20H25ClN4O2/c1-12-5-3-7-15(9-12)19(26)24-16-8-4-6-14(10-16)13(2)27-20-18(22)23-11-17(21)25-20/h3-10,13,17-18,20,23,25H,11,22H2,1-2H3,(H,24,26)/t13-,17?,18?,20?/m0/s1. The van der Waals surface area contributed by atoms with Gasteiger partial charge in [0, 0.05) is 17.8 Å². The van der Waals surface area contributed by atoms with E-state index < -0.39 is 6.23 Å². The van der Waals surface area contributed by atoms with E-state index in [1.165, 1.54) is 0 Å². The quantitative estimate of drug-likeness (QED) is 0.467. The predicted molar refractivity (Wildman–Crippen MR) is 108 cm³/mol. The number of carbonyl (C=O) groups excluding carboxylic acids is 1. The van der Waals surface area contributed by atoms with Crippen LogP contribution in [0.25, 0.3) is 0 Å². The molecule has 0 saturated carbocycles. The maximum absolute atomic E-state index is 12.5. The normalized spacial score (nSPS) is 23.6. The van der Waals surface area contributed by atoms with Crippen molar-refractivity contribution in [3.63, 3.8) is 0 Å². The summed E-state index contributed by atoms with van der Waals surface area (Å²) in [5.41, 5.74) is 9.11. The van der Waals surface area contributed by atoms with Crippen LogP contribution in [0.4, 0.5) is 5.69 Å². The van der Waals surface area contributed by atoms with Gasteiger partial charge in [-0.15, -0.1) is 11.6 Å². The number of nitrogens with two attached hydrogens (primary N) is 1. The fraction of sp³-hybridized carbons (Fsp3) is 0.350. The number of aryl methyl sites for hydroxylation is 1. The Labute approximate surface area is 164 Å². The van der Waals surface area contributed by atoms with Gasteiger partial charge >= 0.3 is 0 Å². The summed E-state index contributed by atoms with van der Waals surface area (Å²) in [5, 5.41) is 9.16. The van der Waals surface area contributed by atoms with Crippen LogP contribution in [0.15, 0.2) is 48.5 Å². The van der Waals surface area contributed by atoms with Gasteiger partial charge in [-0.3, -0.25) is 15.4 Å². The van der Waals surface area contributed by atoms with Gasteiger partial charge in [-0.1, -0.05) is 29.8 Å². The van der Waals surface area contributed by atoms with E-state index in [4.69, 9.17) is 22.1 Å². The Morgan fingerprint density at radius 3 is 2.85 bits per heavy atom. The minimum absolute atomic E-state index is 0.144. The van der Waals surface area contributed by atoms with Crippen LogP contribution in [-0.2, 0) is 4.74 Å². The van der Waals surface area contributed by atoms with Gasteiger partial charge in [0.2, 0.25) is 0 Å². The molecule has 0 aliphatic carbocycles. The third-order valence-electron chi connectivity index (χ3n) is 4.45. The van der Waals surface area contributed by atoms with Crippen molar-refractivity contribution >= 4 is 23.2 Å². The van der Waals surface area contributed by atoms with Gasteiger partial charge in [0.1, 0.15) is 6.23 Å². The molecule has 2 aromatic carbocycles. The van der Waals surface area contributed by atoms with Crippen molar-refractivity contribution in [3.8, 4) is 0 Å². The first-order valence-electron chi connectivity index (χ1n) is 8.95. The van der Waals surface area contributed by atoms with Crippen LogP contribution in [0.1, 0.15) is 34.5 Å². The maximum Gasteiger partial charge on any atom is 0.255 e. The number of nitrogens with one attached hydrogen (secondary N) is 3. The number of ether oxygens (including phenoxy) is 1. The highest BCUT2D eigenvalue weighted by molar-refractivity contribution is 6.20. The molecule has 1 amide bonds. The first-order valence-corrected chi connectivity index (χ1v) is 9.38. The molecule has 3 unspecified atom stereocenters. The number of rotatable bonds is 5. The molecule has 0 bridgehead atoms. The molecule has 6 nitrogen and oxygen atoms in total. The van der Waals surface area contributed by atoms with Gasteiger partial charge in [-0.25, -0.2) is 0 Å². The Morgan fingerprint density at radius 1 is 1.30 bits per heavy atom. The SMILES string of the molecule is Cc1cccc(C(=O)Nc2cccc([C@H](C)OC3NC(Cl)CNC3N)c2)c1. The second kappa shape index (κ2) is 8.82. The molecule has 1 aliphatic rings. The van der Waals surface area contributed by atoms with Crippen LogP contribution in [0.5, 0.6) is 0 Å². The van der Waals surface area contributed by atoms with E-state index in [1.807, 2.05) is 56.3 Å². The zero-order valence-electron chi connectivity index (χ0n) is 15.4. The average Bonchev–Trinajstić information content (AvgIpc) is 2.65. The van der Waals surface area contributed by atoms with Crippen molar-refractivity contribution in [3.05, 3.63) is 65.2 Å². The van der Waals surface area contributed by atoms with Crippen molar-refractivity contribution in [1.29, 1.82) is 0 Å². The number of alkyl halides is 1. The van der Waals surface area contributed by atoms with Crippen LogP contribution in [0.2, 0.25) is 0 Å². The van der Waals surface area contributed by atoms with Gasteiger partial charge < -0.3 is 15.8 Å². The zero-order chi connectivity index (χ0) is 19.4. The van der Waals surface area contributed by atoms with E-state index in [2.05, 4.69) is 16.0 Å². The van der Waals surface area contributed by atoms with Gasteiger partial charge in [-0.2, -0.15) is 0 Å². The van der Waals surface area contributed by atoms with Crippen LogP contribution >= 0.6 is 11.6 Å². The number of hydrogen-bond donors (Lipinski definition) is 4. The van der Waals surface area contributed by atoms with E-state index in [9.17, 15) is 4.79 Å². The molecule has 144 valence electrons. The molecule has 7 heteroatoms. The lowest BCUT2D eigenvalue weighted by atomic mass is 10.1. The summed E-state index contributed by atoms with van der Waals surface area (Å²) in [6.45, 7) is 4.48. The maximum atomic E-state index is 12.5. The van der Waals surface area contributed by atoms with Gasteiger partial charge in [0.25, 0.3) is 5.91 Å². The Hall–Kier alpha value is -1.96. The molecule has 0 spiro atoms. The lowest BCUT2D eigenvalue weighted by Crippen LogP contribution is -2.63. The highest BCUT2D eigenvalue weighted by atomic mass is 35.5. The Bertz CT molecular complexity index is 801. The number of benzene rings is 2. The molecule has 1 fully saturated rings. The van der Waals surface area contributed by atoms with Gasteiger partial charge in [0.15, 0.2) is 0 Å². The highest BCUT2D eigenvalue weighted by Crippen LogP contribution is 2.23. The molecule has 0 aromatic heterocycles. The smallest absolute Gasteiger partial charge is 0.255 e. The lowest BCUT2D eigenvalue weighted by molar-refractivity contribution is -0.0538. The van der Waals surface area contributed by atoms with Crippen molar-refractivity contribution < 1.29 is 9.53 Å². The van der Waals surface area contributed by atoms with Crippen molar-refractivity contribution in [2.45, 2.75) is 37.8 Å². The lowest BCUT2D eigenvalue weighted by Gasteiger charge is -2.35. The fourth-order valence-electron chi connectivity index (χ4n) is 2.97. The Balaban J connectivity index is 1.66. The van der Waals surface area contributed by atoms with E-state index in [-0.39, 0.29) is 23.7 Å². The third kappa shape index (κ3) is 5.28. The predicted octanol–water partition coefficient (Wildman–Crippen LogP) is 2.69. The molecule has 1 saturated heterocycles. The summed E-state index contributed by atoms with van der Waals surface area (Å²) < 4.78 is 6.02. The molecule has 1 aliphatic heterocycles. The molecule has 4 atom stereocenters. The van der Waals surface area contributed by atoms with Crippen molar-refractivity contribution in [2.24, 2.45) is 5.73 Å². The summed E-state index contributed by atoms with van der Waals surface area (Å²) in [6, 6.07) is 15.1. The average molecular weight is 389 g/mol. The fourth-order valence-corrected chi connectivity index (χ4v) is 3.18. The summed E-state index contributed by atoms with van der Waals surface area (Å²) in [6.07, 6.45) is -0.971. The monoisotopic (exact) mass is 388 g/mol. The highest BCUT2D eigenvalue weighted by Gasteiger charge is 2.28.